The van der Waals surface area contributed by atoms with Crippen molar-refractivity contribution >= 4 is 27.8 Å². The summed E-state index contributed by atoms with van der Waals surface area (Å²) in [7, 11) is 0. The highest BCUT2D eigenvalue weighted by Gasteiger charge is 2.47. The summed E-state index contributed by atoms with van der Waals surface area (Å²) in [5, 5.41) is 2.71. The summed E-state index contributed by atoms with van der Waals surface area (Å²) >= 11 is 0. The van der Waals surface area contributed by atoms with Crippen molar-refractivity contribution in [3.63, 3.8) is 0 Å². The van der Waals surface area contributed by atoms with E-state index in [0.717, 1.165) is 5.69 Å². The summed E-state index contributed by atoms with van der Waals surface area (Å²) < 4.78 is 0. The number of fused-ring (bicyclic) bond motifs is 7. The quantitative estimate of drug-likeness (QED) is 0.147. The normalized spacial score (nSPS) is 15.3. The SMILES string of the molecule is CC1(C)c2ccccc2-c2c(N(c3ccccc3-c3cccc4c3-c3ccccc3C4(c3ccccc3)c3ccccc3)c3ccccc3-c3cccc4cccc(C5CCCCC5)c34)cccc21. The van der Waals surface area contributed by atoms with Crippen LogP contribution in [0.25, 0.3) is 55.3 Å². The Morgan fingerprint density at radius 3 is 1.49 bits per heavy atom. The van der Waals surface area contributed by atoms with Gasteiger partial charge >= 0.3 is 0 Å². The monoisotopic (exact) mass is 885 g/mol. The molecule has 0 atom stereocenters. The molecular weight excluding hydrogens is 831 g/mol. The molecule has 0 spiro atoms. The van der Waals surface area contributed by atoms with Crippen LogP contribution in [-0.4, -0.2) is 0 Å². The Bertz CT molecular complexity index is 3530. The van der Waals surface area contributed by atoms with E-state index in [2.05, 4.69) is 249 Å². The van der Waals surface area contributed by atoms with Gasteiger partial charge in [0.2, 0.25) is 0 Å². The van der Waals surface area contributed by atoms with Crippen molar-refractivity contribution in [2.75, 3.05) is 4.90 Å². The standard InChI is InChI=1S/C68H55N/c1-67(2)57-39-16-12-34-55(57)66-59(67)41-23-45-63(66)69(61-43-18-14-32-51(61)53-37-21-27-47-26-20-36-50(64(47)53)46-24-6-3-7-25-46)62-44-19-15-33-52(62)54-38-22-42-60-65(54)56-35-13-17-40-58(56)68(60,48-28-8-4-9-29-48)49-30-10-5-11-31-49/h4-5,8-23,26-46H,3,6-7,24-25H2,1-2H3. The largest absolute Gasteiger partial charge is 0.309 e. The predicted molar refractivity (Wildman–Crippen MR) is 290 cm³/mol. The first-order chi connectivity index (χ1) is 34.0. The molecule has 0 bridgehead atoms. The third kappa shape index (κ3) is 6.29. The van der Waals surface area contributed by atoms with Crippen LogP contribution in [0.1, 0.15) is 90.8 Å². The maximum absolute atomic E-state index is 2.63. The molecule has 3 aliphatic rings. The van der Waals surface area contributed by atoms with Crippen molar-refractivity contribution < 1.29 is 0 Å². The van der Waals surface area contributed by atoms with E-state index in [0.29, 0.717) is 5.92 Å². The maximum Gasteiger partial charge on any atom is 0.0713 e. The maximum atomic E-state index is 2.63. The molecule has 10 aromatic carbocycles. The van der Waals surface area contributed by atoms with Gasteiger partial charge in [0.05, 0.1) is 22.5 Å². The number of para-hydroxylation sites is 2. The first-order valence-electron chi connectivity index (χ1n) is 25.1. The number of hydrogen-bond donors (Lipinski definition) is 0. The van der Waals surface area contributed by atoms with Gasteiger partial charge in [-0.05, 0) is 114 Å². The molecule has 1 fully saturated rings. The molecule has 0 radical (unpaired) electrons. The third-order valence-electron chi connectivity index (χ3n) is 16.2. The number of anilines is 3. The van der Waals surface area contributed by atoms with Crippen molar-refractivity contribution in [1.82, 2.24) is 0 Å². The van der Waals surface area contributed by atoms with Gasteiger partial charge in [-0.15, -0.1) is 0 Å². The van der Waals surface area contributed by atoms with Crippen LogP contribution in [0.15, 0.2) is 231 Å². The lowest BCUT2D eigenvalue weighted by molar-refractivity contribution is 0.445. The predicted octanol–water partition coefficient (Wildman–Crippen LogP) is 18.4. The molecule has 0 unspecified atom stereocenters. The molecule has 3 aliphatic carbocycles. The molecule has 332 valence electrons. The number of benzene rings is 10. The second kappa shape index (κ2) is 16.5. The van der Waals surface area contributed by atoms with Gasteiger partial charge in [-0.1, -0.05) is 245 Å². The minimum Gasteiger partial charge on any atom is -0.309 e. The fourth-order valence-corrected chi connectivity index (χ4v) is 13.2. The van der Waals surface area contributed by atoms with Crippen molar-refractivity contribution in [2.24, 2.45) is 0 Å². The lowest BCUT2D eigenvalue weighted by Crippen LogP contribution is -2.28. The Kier molecular flexibility index (Phi) is 9.91. The first-order valence-corrected chi connectivity index (χ1v) is 25.1. The van der Waals surface area contributed by atoms with E-state index in [1.165, 1.54) is 138 Å². The highest BCUT2D eigenvalue weighted by molar-refractivity contribution is 6.07. The number of hydrogen-bond acceptors (Lipinski definition) is 1. The van der Waals surface area contributed by atoms with E-state index in [1.807, 2.05) is 0 Å². The third-order valence-corrected chi connectivity index (χ3v) is 16.2. The first kappa shape index (κ1) is 41.4. The van der Waals surface area contributed by atoms with Gasteiger partial charge < -0.3 is 4.90 Å². The summed E-state index contributed by atoms with van der Waals surface area (Å²) in [5.41, 5.74) is 22.4. The average Bonchev–Trinajstić information content (AvgIpc) is 3.85. The lowest BCUT2D eigenvalue weighted by atomic mass is 9.67. The smallest absolute Gasteiger partial charge is 0.0713 e. The fourth-order valence-electron chi connectivity index (χ4n) is 13.2. The van der Waals surface area contributed by atoms with E-state index in [9.17, 15) is 0 Å². The zero-order chi connectivity index (χ0) is 46.1. The van der Waals surface area contributed by atoms with Crippen LogP contribution in [-0.2, 0) is 10.8 Å². The molecule has 1 heteroatoms. The van der Waals surface area contributed by atoms with Gasteiger partial charge in [-0.3, -0.25) is 0 Å². The highest BCUT2D eigenvalue weighted by Crippen LogP contribution is 2.61. The molecule has 0 saturated heterocycles. The summed E-state index contributed by atoms with van der Waals surface area (Å²) in [6, 6.07) is 87.2. The van der Waals surface area contributed by atoms with E-state index < -0.39 is 5.41 Å². The molecule has 1 saturated carbocycles. The van der Waals surface area contributed by atoms with Crippen LogP contribution in [0.4, 0.5) is 17.1 Å². The molecule has 0 amide bonds. The van der Waals surface area contributed by atoms with Gasteiger partial charge in [-0.2, -0.15) is 0 Å². The van der Waals surface area contributed by atoms with Gasteiger partial charge in [0, 0.05) is 22.1 Å². The molecule has 0 N–H and O–H groups in total. The van der Waals surface area contributed by atoms with Gasteiger partial charge in [0.15, 0.2) is 0 Å². The Balaban J connectivity index is 1.11. The van der Waals surface area contributed by atoms with Gasteiger partial charge in [0.1, 0.15) is 0 Å². The molecule has 0 aliphatic heterocycles. The molecule has 0 heterocycles. The highest BCUT2D eigenvalue weighted by atomic mass is 15.2. The zero-order valence-corrected chi connectivity index (χ0v) is 39.5. The molecule has 1 nitrogen and oxygen atoms in total. The zero-order valence-electron chi connectivity index (χ0n) is 39.5. The van der Waals surface area contributed by atoms with E-state index in [4.69, 9.17) is 0 Å². The summed E-state index contributed by atoms with van der Waals surface area (Å²) in [6.07, 6.45) is 6.43. The minimum absolute atomic E-state index is 0.167. The van der Waals surface area contributed by atoms with Gasteiger partial charge in [0.25, 0.3) is 0 Å². The summed E-state index contributed by atoms with van der Waals surface area (Å²) in [4.78, 5) is 2.63. The molecular formula is C68H55N. The van der Waals surface area contributed by atoms with E-state index >= 15 is 0 Å². The average molecular weight is 886 g/mol. The Hall–Kier alpha value is -7.74. The fraction of sp³-hybridized carbons (Fsp3) is 0.147. The van der Waals surface area contributed by atoms with Crippen molar-refractivity contribution in [2.45, 2.75) is 62.7 Å². The van der Waals surface area contributed by atoms with Crippen molar-refractivity contribution in [3.05, 3.63) is 269 Å². The summed E-state index contributed by atoms with van der Waals surface area (Å²) in [5.74, 6) is 0.561. The number of nitrogens with zero attached hydrogens (tertiary/aromatic N) is 1. The Morgan fingerprint density at radius 1 is 0.348 bits per heavy atom. The minimum atomic E-state index is -0.508. The summed E-state index contributed by atoms with van der Waals surface area (Å²) in [6.45, 7) is 4.79. The van der Waals surface area contributed by atoms with Crippen LogP contribution in [0, 0.1) is 0 Å². The second-order valence-corrected chi connectivity index (χ2v) is 20.1. The van der Waals surface area contributed by atoms with Crippen LogP contribution in [0.3, 0.4) is 0 Å². The second-order valence-electron chi connectivity index (χ2n) is 20.1. The van der Waals surface area contributed by atoms with Crippen LogP contribution in [0.5, 0.6) is 0 Å². The molecule has 0 aromatic heterocycles. The van der Waals surface area contributed by atoms with Gasteiger partial charge in [-0.25, -0.2) is 0 Å². The Labute approximate surface area is 407 Å². The molecule has 13 rings (SSSR count). The van der Waals surface area contributed by atoms with E-state index in [1.54, 1.807) is 0 Å². The lowest BCUT2D eigenvalue weighted by Gasteiger charge is -2.34. The molecule has 69 heavy (non-hydrogen) atoms. The van der Waals surface area contributed by atoms with Crippen molar-refractivity contribution in [1.29, 1.82) is 0 Å². The van der Waals surface area contributed by atoms with E-state index in [-0.39, 0.29) is 5.41 Å². The van der Waals surface area contributed by atoms with Crippen molar-refractivity contribution in [3.8, 4) is 44.5 Å². The van der Waals surface area contributed by atoms with Crippen LogP contribution < -0.4 is 4.90 Å². The van der Waals surface area contributed by atoms with Crippen LogP contribution >= 0.6 is 0 Å². The topological polar surface area (TPSA) is 3.24 Å². The number of rotatable bonds is 8. The molecule has 10 aromatic rings. The Morgan fingerprint density at radius 2 is 0.812 bits per heavy atom. The van der Waals surface area contributed by atoms with Crippen LogP contribution in [0.2, 0.25) is 0 Å².